The van der Waals surface area contributed by atoms with Gasteiger partial charge in [0.1, 0.15) is 11.9 Å². The van der Waals surface area contributed by atoms with Gasteiger partial charge < -0.3 is 10.0 Å². The molecule has 1 saturated carbocycles. The van der Waals surface area contributed by atoms with Crippen LogP contribution in [0.5, 0.6) is 0 Å². The Morgan fingerprint density at radius 3 is 2.48 bits per heavy atom. The molecule has 3 atom stereocenters. The molecule has 3 fully saturated rings. The Bertz CT molecular complexity index is 1010. The molecule has 2 saturated heterocycles. The molecule has 2 aliphatic heterocycles. The van der Waals surface area contributed by atoms with Crippen LogP contribution in [-0.4, -0.2) is 51.9 Å². The summed E-state index contributed by atoms with van der Waals surface area (Å²) in [5.41, 5.74) is 1.67. The van der Waals surface area contributed by atoms with Gasteiger partial charge in [-0.05, 0) is 31.7 Å². The Kier molecular flexibility index (Phi) is 3.01. The number of hydrogen-bond acceptors (Lipinski definition) is 7. The molecule has 0 aromatic carbocycles. The average Bonchev–Trinajstić information content (AvgIpc) is 3.13. The van der Waals surface area contributed by atoms with Gasteiger partial charge in [0.25, 0.3) is 0 Å². The van der Waals surface area contributed by atoms with Gasteiger partial charge in [-0.3, -0.25) is 4.68 Å². The Labute approximate surface area is 156 Å². The van der Waals surface area contributed by atoms with Gasteiger partial charge in [0.15, 0.2) is 17.0 Å². The SMILES string of the molecule is Cn1nccc1C1(O)C[C@H]2CC[C@@H](C1)N2c1ncnc2c1nnn2C1CC1. The first-order valence-corrected chi connectivity index (χ1v) is 9.69. The molecule has 1 N–H and O–H groups in total. The predicted molar refractivity (Wildman–Crippen MR) is 97.0 cm³/mol. The molecule has 1 aliphatic carbocycles. The number of anilines is 1. The fourth-order valence-electron chi connectivity index (χ4n) is 5.12. The second-order valence-electron chi connectivity index (χ2n) is 8.21. The Morgan fingerprint density at radius 1 is 1.07 bits per heavy atom. The van der Waals surface area contributed by atoms with Crippen molar-refractivity contribution in [3.8, 4) is 0 Å². The van der Waals surface area contributed by atoms with Gasteiger partial charge in [0.2, 0.25) is 0 Å². The van der Waals surface area contributed by atoms with Crippen LogP contribution in [0.4, 0.5) is 5.82 Å². The smallest absolute Gasteiger partial charge is 0.184 e. The minimum atomic E-state index is -0.842. The van der Waals surface area contributed by atoms with Crippen LogP contribution in [0.15, 0.2) is 18.6 Å². The summed E-state index contributed by atoms with van der Waals surface area (Å²) < 4.78 is 3.73. The van der Waals surface area contributed by atoms with Crippen molar-refractivity contribution >= 4 is 17.0 Å². The third-order valence-electron chi connectivity index (χ3n) is 6.44. The number of fused-ring (bicyclic) bond motifs is 3. The van der Waals surface area contributed by atoms with Crippen LogP contribution in [-0.2, 0) is 12.6 Å². The number of rotatable bonds is 3. The van der Waals surface area contributed by atoms with Crippen LogP contribution in [0.2, 0.25) is 0 Å². The molecule has 9 heteroatoms. The third kappa shape index (κ3) is 2.17. The lowest BCUT2D eigenvalue weighted by Crippen LogP contribution is -2.50. The molecule has 0 amide bonds. The molecule has 140 valence electrons. The molecule has 27 heavy (non-hydrogen) atoms. The second-order valence-corrected chi connectivity index (χ2v) is 8.21. The fraction of sp³-hybridized carbons (Fsp3) is 0.611. The third-order valence-corrected chi connectivity index (χ3v) is 6.44. The van der Waals surface area contributed by atoms with Crippen LogP contribution >= 0.6 is 0 Å². The molecule has 1 unspecified atom stereocenters. The van der Waals surface area contributed by atoms with E-state index in [0.717, 1.165) is 48.4 Å². The number of aromatic nitrogens is 7. The number of aryl methyl sites for hydroxylation is 1. The van der Waals surface area contributed by atoms with E-state index in [1.165, 1.54) is 0 Å². The Hall–Kier alpha value is -2.55. The molecular formula is C18H22N8O. The van der Waals surface area contributed by atoms with E-state index in [0.29, 0.717) is 18.9 Å². The van der Waals surface area contributed by atoms with Crippen LogP contribution in [0.3, 0.4) is 0 Å². The van der Waals surface area contributed by atoms with Crippen LogP contribution in [0, 0.1) is 0 Å². The summed E-state index contributed by atoms with van der Waals surface area (Å²) in [6.07, 6.45) is 9.11. The molecule has 5 heterocycles. The van der Waals surface area contributed by atoms with E-state index < -0.39 is 5.60 Å². The first-order chi connectivity index (χ1) is 13.1. The van der Waals surface area contributed by atoms with Crippen molar-refractivity contribution in [1.29, 1.82) is 0 Å². The zero-order valence-corrected chi connectivity index (χ0v) is 15.2. The fourth-order valence-corrected chi connectivity index (χ4v) is 5.12. The lowest BCUT2D eigenvalue weighted by Gasteiger charge is -2.44. The highest BCUT2D eigenvalue weighted by Crippen LogP contribution is 2.48. The van der Waals surface area contributed by atoms with Crippen molar-refractivity contribution in [2.24, 2.45) is 7.05 Å². The highest BCUT2D eigenvalue weighted by Gasteiger charge is 2.50. The lowest BCUT2D eigenvalue weighted by atomic mass is 9.83. The Morgan fingerprint density at radius 2 is 1.81 bits per heavy atom. The summed E-state index contributed by atoms with van der Waals surface area (Å²) in [4.78, 5) is 11.4. The maximum Gasteiger partial charge on any atom is 0.184 e. The van der Waals surface area contributed by atoms with Crippen molar-refractivity contribution in [2.45, 2.75) is 62.3 Å². The number of nitrogens with zero attached hydrogens (tertiary/aromatic N) is 8. The van der Waals surface area contributed by atoms with E-state index >= 15 is 0 Å². The maximum atomic E-state index is 11.4. The molecule has 9 nitrogen and oxygen atoms in total. The van der Waals surface area contributed by atoms with Crippen molar-refractivity contribution in [2.75, 3.05) is 4.90 Å². The molecule has 3 aromatic rings. The van der Waals surface area contributed by atoms with E-state index in [2.05, 4.69) is 30.3 Å². The summed E-state index contributed by atoms with van der Waals surface area (Å²) in [5.74, 6) is 0.867. The monoisotopic (exact) mass is 366 g/mol. The van der Waals surface area contributed by atoms with Gasteiger partial charge in [-0.25, -0.2) is 14.6 Å². The molecule has 0 spiro atoms. The standard InChI is InChI=1S/C18H22N8O/c1-24-14(6-7-21-24)18(27)8-12-4-5-13(9-18)25(12)16-15-17(20-10-19-16)26(23-22-15)11-2-3-11/h6-7,10-13,27H,2-5,8-9H2,1H3/t12-,13+,18?. The van der Waals surface area contributed by atoms with Crippen LogP contribution < -0.4 is 4.90 Å². The summed E-state index contributed by atoms with van der Waals surface area (Å²) in [5, 5.41) is 24.4. The van der Waals surface area contributed by atoms with E-state index in [1.807, 2.05) is 17.8 Å². The topological polar surface area (TPSA) is 97.8 Å². The molecule has 0 radical (unpaired) electrons. The first-order valence-electron chi connectivity index (χ1n) is 9.69. The minimum Gasteiger partial charge on any atom is -0.383 e. The van der Waals surface area contributed by atoms with Crippen molar-refractivity contribution < 1.29 is 5.11 Å². The average molecular weight is 366 g/mol. The van der Waals surface area contributed by atoms with E-state index in [9.17, 15) is 5.11 Å². The van der Waals surface area contributed by atoms with Gasteiger partial charge in [0.05, 0.1) is 11.7 Å². The van der Waals surface area contributed by atoms with E-state index in [1.54, 1.807) is 17.2 Å². The zero-order valence-electron chi connectivity index (χ0n) is 15.2. The summed E-state index contributed by atoms with van der Waals surface area (Å²) >= 11 is 0. The van der Waals surface area contributed by atoms with Crippen LogP contribution in [0.25, 0.3) is 11.2 Å². The van der Waals surface area contributed by atoms with E-state index in [-0.39, 0.29) is 12.1 Å². The van der Waals surface area contributed by atoms with Crippen molar-refractivity contribution in [1.82, 2.24) is 34.7 Å². The summed E-state index contributed by atoms with van der Waals surface area (Å²) in [6.45, 7) is 0. The number of aliphatic hydroxyl groups is 1. The number of piperidine rings is 1. The van der Waals surface area contributed by atoms with Gasteiger partial charge in [0, 0.05) is 38.2 Å². The molecule has 6 rings (SSSR count). The zero-order chi connectivity index (χ0) is 18.2. The van der Waals surface area contributed by atoms with E-state index in [4.69, 9.17) is 0 Å². The molecular weight excluding hydrogens is 344 g/mol. The minimum absolute atomic E-state index is 0.229. The molecule has 3 aliphatic rings. The second kappa shape index (κ2) is 5.25. The van der Waals surface area contributed by atoms with Gasteiger partial charge >= 0.3 is 0 Å². The van der Waals surface area contributed by atoms with Crippen molar-refractivity contribution in [3.63, 3.8) is 0 Å². The highest BCUT2D eigenvalue weighted by molar-refractivity contribution is 5.83. The predicted octanol–water partition coefficient (Wildman–Crippen LogP) is 1.31. The number of hydrogen-bond donors (Lipinski definition) is 1. The largest absolute Gasteiger partial charge is 0.383 e. The van der Waals surface area contributed by atoms with Gasteiger partial charge in [-0.1, -0.05) is 5.21 Å². The maximum absolute atomic E-state index is 11.4. The van der Waals surface area contributed by atoms with Gasteiger partial charge in [-0.15, -0.1) is 5.10 Å². The summed E-state index contributed by atoms with van der Waals surface area (Å²) in [6, 6.07) is 2.82. The quantitative estimate of drug-likeness (QED) is 0.746. The first kappa shape index (κ1) is 15.5. The Balaban J connectivity index is 1.39. The molecule has 3 aromatic heterocycles. The normalized spacial score (nSPS) is 30.4. The lowest BCUT2D eigenvalue weighted by molar-refractivity contribution is -0.0103. The molecule has 2 bridgehead atoms. The van der Waals surface area contributed by atoms with Crippen molar-refractivity contribution in [3.05, 3.63) is 24.3 Å². The van der Waals surface area contributed by atoms with Crippen LogP contribution in [0.1, 0.15) is 50.3 Å². The summed E-state index contributed by atoms with van der Waals surface area (Å²) in [7, 11) is 1.89. The van der Waals surface area contributed by atoms with Gasteiger partial charge in [-0.2, -0.15) is 5.10 Å². The highest BCUT2D eigenvalue weighted by atomic mass is 16.3.